The number of aromatic nitrogens is 1. The van der Waals surface area contributed by atoms with E-state index in [-0.39, 0.29) is 5.82 Å². The molecule has 152 valence electrons. The van der Waals surface area contributed by atoms with Crippen molar-refractivity contribution in [2.45, 2.75) is 12.8 Å². The topological polar surface area (TPSA) is 71.7 Å². The van der Waals surface area contributed by atoms with Gasteiger partial charge in [-0.1, -0.05) is 18.2 Å². The van der Waals surface area contributed by atoms with Crippen molar-refractivity contribution in [3.63, 3.8) is 0 Å². The zero-order chi connectivity index (χ0) is 20.5. The summed E-state index contributed by atoms with van der Waals surface area (Å²) in [6.07, 6.45) is 3.13. The van der Waals surface area contributed by atoms with Gasteiger partial charge in [-0.2, -0.15) is 0 Å². The molecule has 0 unspecified atom stereocenters. The van der Waals surface area contributed by atoms with Gasteiger partial charge >= 0.3 is 0 Å². The maximum Gasteiger partial charge on any atom is 0.226 e. The largest absolute Gasteiger partial charge is 0.496 e. The Morgan fingerprint density at radius 3 is 2.52 bits per heavy atom. The highest BCUT2D eigenvalue weighted by atomic mass is 19.1. The van der Waals surface area contributed by atoms with Gasteiger partial charge in [0.15, 0.2) is 5.96 Å². The molecular formula is C22H25FN4O2. The molecule has 0 amide bonds. The predicted molar refractivity (Wildman–Crippen MR) is 112 cm³/mol. The van der Waals surface area contributed by atoms with E-state index in [1.807, 2.05) is 18.2 Å². The number of hydrogen-bond acceptors (Lipinski definition) is 4. The zero-order valence-corrected chi connectivity index (χ0v) is 16.6. The third-order valence-corrected chi connectivity index (χ3v) is 4.42. The number of nitrogens with one attached hydrogen (secondary N) is 2. The molecule has 0 fully saturated rings. The van der Waals surface area contributed by atoms with Crippen molar-refractivity contribution in [1.29, 1.82) is 0 Å². The number of methoxy groups -OCH3 is 1. The minimum atomic E-state index is -0.283. The lowest BCUT2D eigenvalue weighted by Crippen LogP contribution is -2.39. The molecule has 2 aromatic carbocycles. The van der Waals surface area contributed by atoms with Crippen LogP contribution in [-0.2, 0) is 12.8 Å². The van der Waals surface area contributed by atoms with Crippen LogP contribution in [0.1, 0.15) is 11.3 Å². The fourth-order valence-corrected chi connectivity index (χ4v) is 2.90. The second-order valence-electron chi connectivity index (χ2n) is 6.39. The fourth-order valence-electron chi connectivity index (χ4n) is 2.90. The average Bonchev–Trinajstić information content (AvgIpc) is 3.22. The average molecular weight is 396 g/mol. The fraction of sp³-hybridized carbons (Fsp3) is 0.273. The first-order valence-corrected chi connectivity index (χ1v) is 9.46. The Morgan fingerprint density at radius 1 is 1.07 bits per heavy atom. The number of halogens is 1. The maximum absolute atomic E-state index is 13.0. The Kier molecular flexibility index (Phi) is 7.22. The second kappa shape index (κ2) is 10.3. The molecular weight excluding hydrogens is 371 g/mol. The third kappa shape index (κ3) is 5.81. The molecule has 2 N–H and O–H groups in total. The van der Waals surface area contributed by atoms with Crippen molar-refractivity contribution in [3.8, 4) is 17.2 Å². The number of benzene rings is 2. The van der Waals surface area contributed by atoms with Gasteiger partial charge in [0.1, 0.15) is 17.8 Å². The van der Waals surface area contributed by atoms with E-state index < -0.39 is 0 Å². The van der Waals surface area contributed by atoms with E-state index in [2.05, 4.69) is 26.7 Å². The molecule has 0 aliphatic carbocycles. The number of nitrogens with zero attached hydrogens (tertiary/aromatic N) is 2. The Morgan fingerprint density at radius 2 is 1.79 bits per heavy atom. The summed E-state index contributed by atoms with van der Waals surface area (Å²) in [7, 11) is 3.42. The molecule has 29 heavy (non-hydrogen) atoms. The molecule has 1 heterocycles. The number of oxazole rings is 1. The van der Waals surface area contributed by atoms with Crippen LogP contribution >= 0.6 is 0 Å². The van der Waals surface area contributed by atoms with E-state index in [1.165, 1.54) is 12.1 Å². The van der Waals surface area contributed by atoms with Crippen LogP contribution in [0.4, 0.5) is 4.39 Å². The summed E-state index contributed by atoms with van der Waals surface area (Å²) >= 11 is 0. The first kappa shape index (κ1) is 20.4. The van der Waals surface area contributed by atoms with Crippen molar-refractivity contribution < 1.29 is 13.5 Å². The van der Waals surface area contributed by atoms with Gasteiger partial charge in [-0.05, 0) is 42.3 Å². The van der Waals surface area contributed by atoms with Crippen LogP contribution in [0.2, 0.25) is 0 Å². The lowest BCUT2D eigenvalue weighted by atomic mass is 10.1. The Balaban J connectivity index is 1.44. The summed E-state index contributed by atoms with van der Waals surface area (Å²) < 4.78 is 23.9. The molecule has 0 saturated carbocycles. The highest BCUT2D eigenvalue weighted by molar-refractivity contribution is 5.79. The van der Waals surface area contributed by atoms with Crippen LogP contribution in [0, 0.1) is 5.82 Å². The van der Waals surface area contributed by atoms with Crippen molar-refractivity contribution >= 4 is 5.96 Å². The van der Waals surface area contributed by atoms with Gasteiger partial charge < -0.3 is 19.8 Å². The molecule has 0 aliphatic rings. The van der Waals surface area contributed by atoms with Crippen LogP contribution in [0.15, 0.2) is 64.2 Å². The van der Waals surface area contributed by atoms with Crippen LogP contribution in [0.25, 0.3) is 11.5 Å². The van der Waals surface area contributed by atoms with Crippen LogP contribution in [0.5, 0.6) is 5.75 Å². The molecule has 3 aromatic rings. The maximum atomic E-state index is 13.0. The number of para-hydroxylation sites is 1. The van der Waals surface area contributed by atoms with Gasteiger partial charge in [0.05, 0.1) is 12.8 Å². The van der Waals surface area contributed by atoms with Crippen LogP contribution in [-0.4, -0.2) is 38.2 Å². The number of ether oxygens (including phenoxy) is 1. The monoisotopic (exact) mass is 396 g/mol. The minimum Gasteiger partial charge on any atom is -0.496 e. The van der Waals surface area contributed by atoms with E-state index in [4.69, 9.17) is 9.15 Å². The van der Waals surface area contributed by atoms with Gasteiger partial charge in [-0.25, -0.2) is 9.37 Å². The van der Waals surface area contributed by atoms with E-state index in [0.29, 0.717) is 18.9 Å². The Bertz CT molecular complexity index is 938. The SMILES string of the molecule is CN=C(NCCc1coc(-c2ccc(F)cc2)n1)NCCc1ccccc1OC. The van der Waals surface area contributed by atoms with Gasteiger partial charge in [0.25, 0.3) is 0 Å². The van der Waals surface area contributed by atoms with Crippen molar-refractivity contribution in [2.75, 3.05) is 27.2 Å². The first-order valence-electron chi connectivity index (χ1n) is 9.46. The van der Waals surface area contributed by atoms with E-state index in [9.17, 15) is 4.39 Å². The van der Waals surface area contributed by atoms with Gasteiger partial charge in [-0.15, -0.1) is 0 Å². The summed E-state index contributed by atoms with van der Waals surface area (Å²) in [4.78, 5) is 8.69. The van der Waals surface area contributed by atoms with E-state index >= 15 is 0 Å². The highest BCUT2D eigenvalue weighted by Crippen LogP contribution is 2.19. The first-order chi connectivity index (χ1) is 14.2. The molecule has 1 aromatic heterocycles. The third-order valence-electron chi connectivity index (χ3n) is 4.42. The smallest absolute Gasteiger partial charge is 0.226 e. The molecule has 0 saturated heterocycles. The lowest BCUT2D eigenvalue weighted by molar-refractivity contribution is 0.409. The van der Waals surface area contributed by atoms with Crippen LogP contribution in [0.3, 0.4) is 0 Å². The summed E-state index contributed by atoms with van der Waals surface area (Å²) in [5.74, 6) is 1.82. The Labute approximate surface area is 169 Å². The van der Waals surface area contributed by atoms with E-state index in [1.54, 1.807) is 32.6 Å². The number of rotatable bonds is 8. The Hall–Kier alpha value is -3.35. The van der Waals surface area contributed by atoms with Gasteiger partial charge in [0, 0.05) is 32.1 Å². The van der Waals surface area contributed by atoms with Crippen molar-refractivity contribution in [3.05, 3.63) is 71.9 Å². The number of guanidine groups is 1. The molecule has 0 aliphatic heterocycles. The lowest BCUT2D eigenvalue weighted by Gasteiger charge is -2.12. The summed E-state index contributed by atoms with van der Waals surface area (Å²) in [5, 5.41) is 6.56. The summed E-state index contributed by atoms with van der Waals surface area (Å²) in [6.45, 7) is 1.39. The quantitative estimate of drug-likeness (QED) is 0.451. The van der Waals surface area contributed by atoms with Crippen molar-refractivity contribution in [2.24, 2.45) is 4.99 Å². The molecule has 6 nitrogen and oxygen atoms in total. The molecule has 0 atom stereocenters. The predicted octanol–water partition coefficient (Wildman–Crippen LogP) is 3.44. The summed E-state index contributed by atoms with van der Waals surface area (Å²) in [6, 6.07) is 14.1. The highest BCUT2D eigenvalue weighted by Gasteiger charge is 2.07. The standard InChI is InChI=1S/C22H25FN4O2/c1-24-22(25-13-11-16-5-3-4-6-20(16)28-2)26-14-12-19-15-29-21(27-19)17-7-9-18(23)10-8-17/h3-10,15H,11-14H2,1-2H3,(H2,24,25,26). The van der Waals surface area contributed by atoms with Gasteiger partial charge in [-0.3, -0.25) is 4.99 Å². The molecule has 0 radical (unpaired) electrons. The van der Waals surface area contributed by atoms with Crippen LogP contribution < -0.4 is 15.4 Å². The minimum absolute atomic E-state index is 0.283. The molecule has 0 spiro atoms. The second-order valence-corrected chi connectivity index (χ2v) is 6.39. The normalized spacial score (nSPS) is 11.3. The van der Waals surface area contributed by atoms with Gasteiger partial charge in [0.2, 0.25) is 5.89 Å². The molecule has 0 bridgehead atoms. The summed E-state index contributed by atoms with van der Waals surface area (Å²) in [5.41, 5.74) is 2.72. The molecule has 3 rings (SSSR count). The number of aliphatic imine (C=N–C) groups is 1. The van der Waals surface area contributed by atoms with E-state index in [0.717, 1.165) is 41.5 Å². The number of hydrogen-bond donors (Lipinski definition) is 2. The zero-order valence-electron chi connectivity index (χ0n) is 16.6. The van der Waals surface area contributed by atoms with Crippen molar-refractivity contribution in [1.82, 2.24) is 15.6 Å². The molecule has 7 heteroatoms.